The van der Waals surface area contributed by atoms with Crippen LogP contribution in [0.2, 0.25) is 0 Å². The van der Waals surface area contributed by atoms with Crippen LogP contribution in [0.3, 0.4) is 0 Å². The van der Waals surface area contributed by atoms with Crippen molar-refractivity contribution in [1.82, 2.24) is 0 Å². The quantitative estimate of drug-likeness (QED) is 0.126. The second-order valence-corrected chi connectivity index (χ2v) is 24.1. The molecule has 0 nitrogen and oxygen atoms in total. The average Bonchev–Trinajstić information content (AvgIpc) is 3.06. The van der Waals surface area contributed by atoms with Crippen molar-refractivity contribution in [1.29, 1.82) is 0 Å². The van der Waals surface area contributed by atoms with Crippen molar-refractivity contribution < 1.29 is 0 Å². The maximum atomic E-state index is 1.67. The van der Waals surface area contributed by atoms with Gasteiger partial charge < -0.3 is 0 Å². The fraction of sp³-hybridized carbons (Fsp3) is 1.00. The standard InChI is InChI=1S/C38H71P3/c1-6-20-34(21-7-1)39(30-16-18-32-40(35-22-8-2-9-23-35)36-24-10-3-11-25-36)31-17-19-33-41(37-26-12-4-13-27-37)38-28-14-5-15-29-38/h34-38H,1-33H2. The molecule has 238 valence electrons. The van der Waals surface area contributed by atoms with Crippen molar-refractivity contribution in [3.8, 4) is 0 Å². The van der Waals surface area contributed by atoms with E-state index in [1.807, 2.05) is 0 Å². The Hall–Kier alpha value is 1.29. The fourth-order valence-corrected chi connectivity index (χ4v) is 21.4. The first-order valence-corrected chi connectivity index (χ1v) is 24.8. The van der Waals surface area contributed by atoms with E-state index < -0.39 is 0 Å². The molecule has 0 atom stereocenters. The monoisotopic (exact) mass is 620 g/mol. The molecule has 0 aromatic rings. The minimum atomic E-state index is 0.316. The van der Waals surface area contributed by atoms with Gasteiger partial charge in [0.15, 0.2) is 0 Å². The predicted octanol–water partition coefficient (Wildman–Crippen LogP) is 13.7. The number of hydrogen-bond acceptors (Lipinski definition) is 0. The maximum Gasteiger partial charge on any atom is -0.0207 e. The summed E-state index contributed by atoms with van der Waals surface area (Å²) in [6.45, 7) is 0. The molecule has 5 rings (SSSR count). The van der Waals surface area contributed by atoms with Gasteiger partial charge in [-0.1, -0.05) is 96.3 Å². The van der Waals surface area contributed by atoms with E-state index in [4.69, 9.17) is 0 Å². The first kappa shape index (κ1) is 33.6. The highest BCUT2D eigenvalue weighted by molar-refractivity contribution is 7.59. The van der Waals surface area contributed by atoms with E-state index in [0.29, 0.717) is 23.8 Å². The Labute approximate surface area is 262 Å². The van der Waals surface area contributed by atoms with Crippen LogP contribution in [-0.2, 0) is 0 Å². The number of unbranched alkanes of at least 4 members (excludes halogenated alkanes) is 2. The summed E-state index contributed by atoms with van der Waals surface area (Å²) in [5.41, 5.74) is 5.85. The minimum absolute atomic E-state index is 0.316. The van der Waals surface area contributed by atoms with Gasteiger partial charge in [-0.25, -0.2) is 0 Å². The van der Waals surface area contributed by atoms with Gasteiger partial charge in [0.25, 0.3) is 0 Å². The highest BCUT2D eigenvalue weighted by atomic mass is 31.1. The van der Waals surface area contributed by atoms with Crippen LogP contribution in [0.4, 0.5) is 0 Å². The summed E-state index contributed by atoms with van der Waals surface area (Å²) in [4.78, 5) is 0. The molecular formula is C38H71P3. The predicted molar refractivity (Wildman–Crippen MR) is 193 cm³/mol. The van der Waals surface area contributed by atoms with E-state index in [0.717, 1.165) is 5.66 Å². The molecule has 0 radical (unpaired) electrons. The van der Waals surface area contributed by atoms with Crippen molar-refractivity contribution in [3.05, 3.63) is 0 Å². The molecule has 5 fully saturated rings. The number of rotatable bonds is 15. The zero-order valence-corrected chi connectivity index (χ0v) is 30.2. The Bertz CT molecular complexity index is 566. The molecule has 0 unspecified atom stereocenters. The molecule has 0 saturated heterocycles. The van der Waals surface area contributed by atoms with Crippen molar-refractivity contribution in [3.63, 3.8) is 0 Å². The van der Waals surface area contributed by atoms with Gasteiger partial charge in [0.2, 0.25) is 0 Å². The van der Waals surface area contributed by atoms with E-state index in [9.17, 15) is 0 Å². The number of hydrogen-bond donors (Lipinski definition) is 0. The lowest BCUT2D eigenvalue weighted by molar-refractivity contribution is 0.483. The Morgan fingerprint density at radius 2 is 0.512 bits per heavy atom. The molecule has 0 N–H and O–H groups in total. The third-order valence-corrected chi connectivity index (χ3v) is 23.3. The Balaban J connectivity index is 1.09. The van der Waals surface area contributed by atoms with Crippen molar-refractivity contribution in [2.75, 3.05) is 24.6 Å². The summed E-state index contributed by atoms with van der Waals surface area (Å²) in [5, 5.41) is 0. The molecule has 0 aliphatic heterocycles. The maximum absolute atomic E-state index is 1.67. The molecule has 3 heteroatoms. The lowest BCUT2D eigenvalue weighted by atomic mass is 9.99. The van der Waals surface area contributed by atoms with E-state index in [1.165, 1.54) is 22.6 Å². The van der Waals surface area contributed by atoms with Crippen molar-refractivity contribution in [2.24, 2.45) is 0 Å². The molecular weight excluding hydrogens is 549 g/mol. The van der Waals surface area contributed by atoms with Crippen LogP contribution >= 0.6 is 23.8 Å². The summed E-state index contributed by atoms with van der Waals surface area (Å²) in [6, 6.07) is 0. The molecule has 0 bridgehead atoms. The van der Waals surface area contributed by atoms with Gasteiger partial charge in [0.1, 0.15) is 0 Å². The Kier molecular flexibility index (Phi) is 16.2. The van der Waals surface area contributed by atoms with E-state index in [1.54, 1.807) is 211 Å². The summed E-state index contributed by atoms with van der Waals surface area (Å²) in [7, 11) is 0.981. The molecule has 5 aliphatic rings. The first-order valence-electron chi connectivity index (χ1n) is 19.6. The summed E-state index contributed by atoms with van der Waals surface area (Å²) >= 11 is 0. The third-order valence-electron chi connectivity index (χ3n) is 12.5. The molecule has 0 amide bonds. The molecule has 0 heterocycles. The second kappa shape index (κ2) is 19.7. The smallest absolute Gasteiger partial charge is 0.0207 e. The van der Waals surface area contributed by atoms with Crippen LogP contribution in [0.25, 0.3) is 0 Å². The largest absolute Gasteiger partial charge is 0.104 e. The van der Waals surface area contributed by atoms with Crippen LogP contribution in [0.1, 0.15) is 186 Å². The molecule has 0 aromatic heterocycles. The van der Waals surface area contributed by atoms with Crippen LogP contribution < -0.4 is 0 Å². The van der Waals surface area contributed by atoms with Crippen LogP contribution in [0, 0.1) is 0 Å². The van der Waals surface area contributed by atoms with Gasteiger partial charge >= 0.3 is 0 Å². The molecule has 41 heavy (non-hydrogen) atoms. The van der Waals surface area contributed by atoms with Crippen molar-refractivity contribution >= 4 is 23.8 Å². The normalized spacial score (nSPS) is 25.5. The molecule has 0 aromatic carbocycles. The third kappa shape index (κ3) is 11.2. The summed E-state index contributed by atoms with van der Waals surface area (Å²) in [6.07, 6.45) is 52.6. The Morgan fingerprint density at radius 3 is 0.805 bits per heavy atom. The zero-order valence-electron chi connectivity index (χ0n) is 27.6. The SMILES string of the molecule is C1CCC(P(CCCCP(C2CCCCC2)C2CCCCC2)CCCCP(C2CCCCC2)C2CCCCC2)CC1. The van der Waals surface area contributed by atoms with Crippen LogP contribution in [0.5, 0.6) is 0 Å². The topological polar surface area (TPSA) is 0 Å². The van der Waals surface area contributed by atoms with E-state index in [2.05, 4.69) is 0 Å². The van der Waals surface area contributed by atoms with Gasteiger partial charge in [0, 0.05) is 0 Å². The second-order valence-electron chi connectivity index (χ2n) is 15.4. The van der Waals surface area contributed by atoms with E-state index in [-0.39, 0.29) is 0 Å². The lowest BCUT2D eigenvalue weighted by Gasteiger charge is -2.39. The molecule has 5 aliphatic carbocycles. The van der Waals surface area contributed by atoms with Gasteiger partial charge in [0.05, 0.1) is 0 Å². The van der Waals surface area contributed by atoms with Gasteiger partial charge in [-0.2, -0.15) is 0 Å². The lowest BCUT2D eigenvalue weighted by Crippen LogP contribution is -2.22. The van der Waals surface area contributed by atoms with Crippen LogP contribution in [0.15, 0.2) is 0 Å². The highest BCUT2D eigenvalue weighted by Crippen LogP contribution is 2.58. The average molecular weight is 621 g/mol. The van der Waals surface area contributed by atoms with Crippen molar-refractivity contribution in [2.45, 2.75) is 214 Å². The van der Waals surface area contributed by atoms with Gasteiger partial charge in [-0.3, -0.25) is 0 Å². The Morgan fingerprint density at radius 1 is 0.268 bits per heavy atom. The fourth-order valence-electron chi connectivity index (χ4n) is 10.1. The minimum Gasteiger partial charge on any atom is -0.104 e. The van der Waals surface area contributed by atoms with Gasteiger partial charge in [-0.15, -0.1) is 23.8 Å². The van der Waals surface area contributed by atoms with E-state index >= 15 is 0 Å². The highest BCUT2D eigenvalue weighted by Gasteiger charge is 2.32. The molecule has 5 saturated carbocycles. The summed E-state index contributed by atoms with van der Waals surface area (Å²) < 4.78 is 0. The first-order chi connectivity index (χ1) is 20.4. The van der Waals surface area contributed by atoms with Crippen LogP contribution in [-0.4, -0.2) is 52.9 Å². The molecule has 0 spiro atoms. The summed E-state index contributed by atoms with van der Waals surface area (Å²) in [5.74, 6) is 0. The van der Waals surface area contributed by atoms with Gasteiger partial charge in [-0.05, 0) is 143 Å². The zero-order chi connectivity index (χ0) is 28.0.